The maximum Gasteiger partial charge on any atom is 0.291 e. The molecular weight excluding hydrogens is 330 g/mol. The van der Waals surface area contributed by atoms with Crippen molar-refractivity contribution in [1.29, 1.82) is 5.26 Å². The Morgan fingerprint density at radius 2 is 1.69 bits per heavy atom. The quantitative estimate of drug-likeness (QED) is 0.741. The monoisotopic (exact) mass is 345 g/mol. The molecule has 2 aromatic carbocycles. The van der Waals surface area contributed by atoms with Crippen LogP contribution >= 0.6 is 0 Å². The first-order chi connectivity index (χ1) is 12.7. The summed E-state index contributed by atoms with van der Waals surface area (Å²) in [4.78, 5) is 24.1. The van der Waals surface area contributed by atoms with Crippen LogP contribution in [0.5, 0.6) is 0 Å². The molecule has 0 fully saturated rings. The third-order valence-corrected chi connectivity index (χ3v) is 3.69. The van der Waals surface area contributed by atoms with E-state index in [1.54, 1.807) is 60.7 Å². The highest BCUT2D eigenvalue weighted by Crippen LogP contribution is 2.12. The Kier molecular flexibility index (Phi) is 5.11. The number of furan rings is 1. The van der Waals surface area contributed by atoms with Crippen molar-refractivity contribution < 1.29 is 14.0 Å². The average Bonchev–Trinajstić information content (AvgIpc) is 3.22. The van der Waals surface area contributed by atoms with Gasteiger partial charge in [-0.15, -0.1) is 0 Å². The van der Waals surface area contributed by atoms with Crippen LogP contribution in [-0.4, -0.2) is 11.8 Å². The summed E-state index contributed by atoms with van der Waals surface area (Å²) in [5.41, 5.74) is 2.52. The zero-order valence-electron chi connectivity index (χ0n) is 13.7. The highest BCUT2D eigenvalue weighted by atomic mass is 16.3. The minimum Gasteiger partial charge on any atom is -0.459 e. The molecule has 0 atom stereocenters. The lowest BCUT2D eigenvalue weighted by Gasteiger charge is -2.07. The lowest BCUT2D eigenvalue weighted by atomic mass is 10.1. The predicted molar refractivity (Wildman–Crippen MR) is 95.4 cm³/mol. The Morgan fingerprint density at radius 3 is 2.31 bits per heavy atom. The number of hydrogen-bond acceptors (Lipinski definition) is 4. The van der Waals surface area contributed by atoms with Crippen LogP contribution in [0.25, 0.3) is 0 Å². The summed E-state index contributed by atoms with van der Waals surface area (Å²) in [6, 6.07) is 18.8. The van der Waals surface area contributed by atoms with Gasteiger partial charge in [-0.1, -0.05) is 12.1 Å². The van der Waals surface area contributed by atoms with Crippen molar-refractivity contribution in [3.63, 3.8) is 0 Å². The third kappa shape index (κ3) is 4.16. The summed E-state index contributed by atoms with van der Waals surface area (Å²) >= 11 is 0. The first kappa shape index (κ1) is 17.0. The van der Waals surface area contributed by atoms with Crippen molar-refractivity contribution in [2.75, 3.05) is 5.32 Å². The van der Waals surface area contributed by atoms with Gasteiger partial charge in [0.25, 0.3) is 11.8 Å². The fourth-order valence-electron chi connectivity index (χ4n) is 2.29. The zero-order chi connectivity index (χ0) is 18.4. The van der Waals surface area contributed by atoms with Gasteiger partial charge in [0.1, 0.15) is 0 Å². The Bertz CT molecular complexity index is 937. The van der Waals surface area contributed by atoms with E-state index in [4.69, 9.17) is 9.68 Å². The molecule has 1 heterocycles. The van der Waals surface area contributed by atoms with Crippen LogP contribution < -0.4 is 10.6 Å². The molecule has 0 spiro atoms. The van der Waals surface area contributed by atoms with Crippen molar-refractivity contribution in [2.24, 2.45) is 0 Å². The number of hydrogen-bond donors (Lipinski definition) is 2. The molecule has 0 unspecified atom stereocenters. The predicted octanol–water partition coefficient (Wildman–Crippen LogP) is 3.33. The van der Waals surface area contributed by atoms with Crippen molar-refractivity contribution >= 4 is 17.5 Å². The van der Waals surface area contributed by atoms with E-state index in [1.807, 2.05) is 6.07 Å². The molecule has 1 aromatic heterocycles. The Labute approximate surface area is 150 Å². The molecule has 0 saturated heterocycles. The number of nitriles is 1. The van der Waals surface area contributed by atoms with Crippen molar-refractivity contribution in [3.05, 3.63) is 89.4 Å². The van der Waals surface area contributed by atoms with E-state index in [1.165, 1.54) is 6.26 Å². The van der Waals surface area contributed by atoms with Gasteiger partial charge in [0.15, 0.2) is 5.76 Å². The molecule has 128 valence electrons. The molecule has 2 N–H and O–H groups in total. The molecule has 6 nitrogen and oxygen atoms in total. The zero-order valence-corrected chi connectivity index (χ0v) is 13.7. The number of rotatable bonds is 5. The smallest absolute Gasteiger partial charge is 0.291 e. The molecule has 0 aliphatic rings. The Hall–Kier alpha value is -3.85. The van der Waals surface area contributed by atoms with Gasteiger partial charge in [-0.05, 0) is 54.1 Å². The lowest BCUT2D eigenvalue weighted by Crippen LogP contribution is -2.22. The van der Waals surface area contributed by atoms with Gasteiger partial charge in [-0.3, -0.25) is 9.59 Å². The van der Waals surface area contributed by atoms with E-state index in [-0.39, 0.29) is 17.6 Å². The molecule has 0 radical (unpaired) electrons. The van der Waals surface area contributed by atoms with Gasteiger partial charge < -0.3 is 15.1 Å². The van der Waals surface area contributed by atoms with Crippen LogP contribution in [0.2, 0.25) is 0 Å². The van der Waals surface area contributed by atoms with Gasteiger partial charge in [0.2, 0.25) is 0 Å². The van der Waals surface area contributed by atoms with E-state index in [2.05, 4.69) is 10.6 Å². The number of carbonyl (C=O) groups is 2. The van der Waals surface area contributed by atoms with Crippen LogP contribution in [-0.2, 0) is 6.54 Å². The fourth-order valence-corrected chi connectivity index (χ4v) is 2.29. The summed E-state index contributed by atoms with van der Waals surface area (Å²) in [5.74, 6) is -0.361. The number of carbonyl (C=O) groups excluding carboxylic acids is 2. The highest BCUT2D eigenvalue weighted by Gasteiger charge is 2.10. The van der Waals surface area contributed by atoms with Crippen molar-refractivity contribution in [1.82, 2.24) is 5.32 Å². The minimum absolute atomic E-state index is 0.217. The number of nitrogens with zero attached hydrogens (tertiary/aromatic N) is 1. The van der Waals surface area contributed by atoms with E-state index >= 15 is 0 Å². The second-order valence-electron chi connectivity index (χ2n) is 5.50. The summed E-state index contributed by atoms with van der Waals surface area (Å²) in [7, 11) is 0. The summed E-state index contributed by atoms with van der Waals surface area (Å²) in [6.07, 6.45) is 1.43. The summed E-state index contributed by atoms with van der Waals surface area (Å²) in [6.45, 7) is 0.363. The molecule has 2 amide bonds. The summed E-state index contributed by atoms with van der Waals surface area (Å²) in [5, 5.41) is 14.3. The Morgan fingerprint density at radius 1 is 0.962 bits per heavy atom. The van der Waals surface area contributed by atoms with Gasteiger partial charge >= 0.3 is 0 Å². The topological polar surface area (TPSA) is 95.1 Å². The number of nitrogens with one attached hydrogen (secondary N) is 2. The number of amides is 2. The maximum absolute atomic E-state index is 12.2. The first-order valence-corrected chi connectivity index (χ1v) is 7.88. The average molecular weight is 345 g/mol. The molecule has 0 bridgehead atoms. The van der Waals surface area contributed by atoms with Gasteiger partial charge in [0, 0.05) is 17.8 Å². The van der Waals surface area contributed by atoms with Crippen LogP contribution in [0.4, 0.5) is 5.69 Å². The van der Waals surface area contributed by atoms with Crippen LogP contribution in [0.3, 0.4) is 0 Å². The first-order valence-electron chi connectivity index (χ1n) is 7.88. The van der Waals surface area contributed by atoms with E-state index in [9.17, 15) is 9.59 Å². The van der Waals surface area contributed by atoms with E-state index in [0.717, 1.165) is 5.56 Å². The van der Waals surface area contributed by atoms with Crippen LogP contribution in [0, 0.1) is 11.3 Å². The molecule has 3 rings (SSSR count). The molecule has 3 aromatic rings. The standard InChI is InChI=1S/C20H15N3O3/c21-12-14-3-5-15(6-4-14)13-22-19(24)16-7-9-17(10-8-16)23-20(25)18-2-1-11-26-18/h1-11H,13H2,(H,22,24)(H,23,25). The largest absolute Gasteiger partial charge is 0.459 e. The summed E-state index contributed by atoms with van der Waals surface area (Å²) < 4.78 is 5.02. The van der Waals surface area contributed by atoms with Gasteiger partial charge in [0.05, 0.1) is 17.9 Å². The molecule has 0 aliphatic heterocycles. The van der Waals surface area contributed by atoms with Crippen LogP contribution in [0.15, 0.2) is 71.3 Å². The number of anilines is 1. The van der Waals surface area contributed by atoms with Gasteiger partial charge in [-0.25, -0.2) is 0 Å². The number of benzene rings is 2. The van der Waals surface area contributed by atoms with Crippen LogP contribution in [0.1, 0.15) is 32.0 Å². The van der Waals surface area contributed by atoms with Crippen molar-refractivity contribution in [2.45, 2.75) is 6.54 Å². The highest BCUT2D eigenvalue weighted by molar-refractivity contribution is 6.02. The van der Waals surface area contributed by atoms with E-state index < -0.39 is 0 Å². The molecule has 6 heteroatoms. The molecule has 0 saturated carbocycles. The second-order valence-corrected chi connectivity index (χ2v) is 5.50. The maximum atomic E-state index is 12.2. The van der Waals surface area contributed by atoms with Gasteiger partial charge in [-0.2, -0.15) is 5.26 Å². The lowest BCUT2D eigenvalue weighted by molar-refractivity contribution is 0.0950. The second kappa shape index (κ2) is 7.81. The van der Waals surface area contributed by atoms with E-state index in [0.29, 0.717) is 23.4 Å². The van der Waals surface area contributed by atoms with Crippen molar-refractivity contribution in [3.8, 4) is 6.07 Å². The minimum atomic E-state index is -0.354. The molecule has 26 heavy (non-hydrogen) atoms. The SMILES string of the molecule is N#Cc1ccc(CNC(=O)c2ccc(NC(=O)c3ccco3)cc2)cc1. The molecular formula is C20H15N3O3. The normalized spacial score (nSPS) is 9.96. The fraction of sp³-hybridized carbons (Fsp3) is 0.0500. The third-order valence-electron chi connectivity index (χ3n) is 3.69. The molecule has 0 aliphatic carbocycles. The Balaban J connectivity index is 1.56.